The molecule has 0 amide bonds. The van der Waals surface area contributed by atoms with E-state index in [2.05, 4.69) is 0 Å². The van der Waals surface area contributed by atoms with Gasteiger partial charge in [0.2, 0.25) is 0 Å². The number of hydrogen-bond donors (Lipinski definition) is 1. The molecule has 0 radical (unpaired) electrons. The smallest absolute Gasteiger partial charge is 0.338 e. The van der Waals surface area contributed by atoms with E-state index >= 15 is 0 Å². The Labute approximate surface area is 205 Å². The molecule has 0 aliphatic carbocycles. The number of carbonyl (C=O) groups is 1. The quantitative estimate of drug-likeness (QED) is 0.331. The highest BCUT2D eigenvalue weighted by Gasteiger charge is 2.21. The highest BCUT2D eigenvalue weighted by molar-refractivity contribution is 7.21. The van der Waals surface area contributed by atoms with E-state index in [4.69, 9.17) is 20.4 Å². The van der Waals surface area contributed by atoms with E-state index in [1.165, 1.54) is 11.3 Å². The summed E-state index contributed by atoms with van der Waals surface area (Å²) in [5, 5.41) is 1.16. The summed E-state index contributed by atoms with van der Waals surface area (Å²) in [6, 6.07) is 19.9. The molecule has 2 heterocycles. The van der Waals surface area contributed by atoms with Gasteiger partial charge in [-0.25, -0.2) is 14.8 Å². The first-order chi connectivity index (χ1) is 17.0. The van der Waals surface area contributed by atoms with E-state index in [-0.39, 0.29) is 17.6 Å². The summed E-state index contributed by atoms with van der Waals surface area (Å²) in [5.41, 5.74) is 9.39. The van der Waals surface area contributed by atoms with Gasteiger partial charge in [-0.1, -0.05) is 37.3 Å². The number of benzene rings is 3. The lowest BCUT2D eigenvalue weighted by Crippen LogP contribution is -2.28. The highest BCUT2D eigenvalue weighted by Crippen LogP contribution is 2.34. The number of nitrogens with zero attached hydrogens (tertiary/aromatic N) is 3. The van der Waals surface area contributed by atoms with Crippen molar-refractivity contribution in [3.63, 3.8) is 0 Å². The second-order valence-corrected chi connectivity index (χ2v) is 9.11. The van der Waals surface area contributed by atoms with E-state index < -0.39 is 0 Å². The molecule has 0 fully saturated rings. The van der Waals surface area contributed by atoms with Crippen molar-refractivity contribution in [3.8, 4) is 16.3 Å². The average molecular weight is 485 g/mol. The molecule has 0 saturated carbocycles. The number of thiazole rings is 1. The normalized spacial score (nSPS) is 12.2. The van der Waals surface area contributed by atoms with Crippen LogP contribution < -0.4 is 11.3 Å². The minimum Gasteiger partial charge on any atom is -0.462 e. The van der Waals surface area contributed by atoms with Gasteiger partial charge in [-0.15, -0.1) is 11.3 Å². The minimum absolute atomic E-state index is 0.192. The molecule has 8 heteroatoms. The van der Waals surface area contributed by atoms with Crippen molar-refractivity contribution >= 4 is 38.4 Å². The summed E-state index contributed by atoms with van der Waals surface area (Å²) < 4.78 is 7.56. The SMILES string of the molecule is CCOC(=O)c1ccc2nc(-c3cccc4nc([C@@H](N)CC)n(-c5ccccc5)c(=O)c34)sc2c1. The molecule has 0 aliphatic heterocycles. The fourth-order valence-corrected chi connectivity index (χ4v) is 5.10. The Morgan fingerprint density at radius 3 is 2.57 bits per heavy atom. The van der Waals surface area contributed by atoms with Crippen molar-refractivity contribution in [1.29, 1.82) is 0 Å². The fraction of sp³-hybridized carbons (Fsp3) is 0.185. The third-order valence-electron chi connectivity index (χ3n) is 5.84. The summed E-state index contributed by atoms with van der Waals surface area (Å²) in [7, 11) is 0. The third-order valence-corrected chi connectivity index (χ3v) is 6.89. The Kier molecular flexibility index (Phi) is 6.15. The first-order valence-electron chi connectivity index (χ1n) is 11.5. The van der Waals surface area contributed by atoms with Crippen molar-refractivity contribution in [2.45, 2.75) is 26.3 Å². The predicted octanol–water partition coefficient (Wildman–Crippen LogP) is 5.25. The van der Waals surface area contributed by atoms with Gasteiger partial charge in [0.15, 0.2) is 0 Å². The van der Waals surface area contributed by atoms with Crippen LogP contribution in [0.2, 0.25) is 0 Å². The molecule has 1 atom stereocenters. The monoisotopic (exact) mass is 484 g/mol. The first-order valence-corrected chi connectivity index (χ1v) is 12.3. The Bertz CT molecular complexity index is 1610. The van der Waals surface area contributed by atoms with Crippen LogP contribution in [-0.4, -0.2) is 27.1 Å². The van der Waals surface area contributed by atoms with Gasteiger partial charge in [0.05, 0.1) is 45.0 Å². The van der Waals surface area contributed by atoms with Crippen molar-refractivity contribution in [2.24, 2.45) is 5.73 Å². The number of aromatic nitrogens is 3. The van der Waals surface area contributed by atoms with Gasteiger partial charge in [0.25, 0.3) is 5.56 Å². The van der Waals surface area contributed by atoms with Crippen LogP contribution >= 0.6 is 11.3 Å². The lowest BCUT2D eigenvalue weighted by Gasteiger charge is -2.18. The van der Waals surface area contributed by atoms with Crippen LogP contribution in [0.1, 0.15) is 42.5 Å². The number of ether oxygens (including phenoxy) is 1. The zero-order chi connectivity index (χ0) is 24.5. The van der Waals surface area contributed by atoms with E-state index in [0.717, 1.165) is 10.2 Å². The Morgan fingerprint density at radius 1 is 1.03 bits per heavy atom. The van der Waals surface area contributed by atoms with E-state index in [0.29, 0.717) is 51.6 Å². The van der Waals surface area contributed by atoms with Crippen LogP contribution in [0.3, 0.4) is 0 Å². The number of para-hydroxylation sites is 1. The molecule has 176 valence electrons. The Morgan fingerprint density at radius 2 is 1.83 bits per heavy atom. The second-order valence-electron chi connectivity index (χ2n) is 8.08. The fourth-order valence-electron chi connectivity index (χ4n) is 4.06. The molecule has 2 aromatic heterocycles. The molecule has 35 heavy (non-hydrogen) atoms. The van der Waals surface area contributed by atoms with Gasteiger partial charge in [-0.05, 0) is 49.7 Å². The van der Waals surface area contributed by atoms with E-state index in [9.17, 15) is 9.59 Å². The lowest BCUT2D eigenvalue weighted by atomic mass is 10.1. The van der Waals surface area contributed by atoms with Crippen molar-refractivity contribution < 1.29 is 9.53 Å². The number of esters is 1. The second kappa shape index (κ2) is 9.40. The maximum Gasteiger partial charge on any atom is 0.338 e. The van der Waals surface area contributed by atoms with Gasteiger partial charge in [0, 0.05) is 5.56 Å². The largest absolute Gasteiger partial charge is 0.462 e. The zero-order valence-electron chi connectivity index (χ0n) is 19.4. The topological polar surface area (TPSA) is 100 Å². The van der Waals surface area contributed by atoms with Crippen LogP contribution in [0.15, 0.2) is 71.5 Å². The van der Waals surface area contributed by atoms with E-state index in [1.54, 1.807) is 29.7 Å². The summed E-state index contributed by atoms with van der Waals surface area (Å²) >= 11 is 1.42. The van der Waals surface area contributed by atoms with Gasteiger partial charge in [-0.2, -0.15) is 0 Å². The van der Waals surface area contributed by atoms with Crippen LogP contribution in [0.25, 0.3) is 37.4 Å². The number of fused-ring (bicyclic) bond motifs is 2. The molecule has 5 aromatic rings. The maximum atomic E-state index is 14.0. The average Bonchev–Trinajstić information content (AvgIpc) is 3.31. The molecule has 0 spiro atoms. The van der Waals surface area contributed by atoms with Crippen molar-refractivity contribution in [1.82, 2.24) is 14.5 Å². The molecule has 0 bridgehead atoms. The number of carbonyl (C=O) groups excluding carboxylic acids is 1. The van der Waals surface area contributed by atoms with Crippen molar-refractivity contribution in [3.05, 3.63) is 88.5 Å². The van der Waals surface area contributed by atoms with Gasteiger partial charge >= 0.3 is 5.97 Å². The minimum atomic E-state index is -0.389. The van der Waals surface area contributed by atoms with E-state index in [1.807, 2.05) is 55.5 Å². The molecule has 3 aromatic carbocycles. The highest BCUT2D eigenvalue weighted by atomic mass is 32.1. The standard InChI is InChI=1S/C27H24N4O3S/c1-3-19(28)24-29-21-12-8-11-18(23(21)26(32)31(24)17-9-6-5-7-10-17)25-30-20-14-13-16(15-22(20)35-25)27(33)34-4-2/h5-15,19H,3-4,28H2,1-2H3/t19-/m0/s1. The van der Waals surface area contributed by atoms with Crippen LogP contribution in [0.5, 0.6) is 0 Å². The molecule has 0 unspecified atom stereocenters. The summed E-state index contributed by atoms with van der Waals surface area (Å²) in [4.78, 5) is 35.7. The molecular weight excluding hydrogens is 460 g/mol. The van der Waals surface area contributed by atoms with Gasteiger partial charge < -0.3 is 10.5 Å². The molecule has 0 saturated heterocycles. The summed E-state index contributed by atoms with van der Waals surface area (Å²) in [6.45, 7) is 4.06. The number of rotatable bonds is 6. The van der Waals surface area contributed by atoms with Gasteiger partial charge in [-0.3, -0.25) is 9.36 Å². The van der Waals surface area contributed by atoms with Crippen molar-refractivity contribution in [2.75, 3.05) is 6.61 Å². The molecule has 2 N–H and O–H groups in total. The third kappa shape index (κ3) is 4.11. The van der Waals surface area contributed by atoms with Crippen LogP contribution in [-0.2, 0) is 4.74 Å². The molecular formula is C27H24N4O3S. The predicted molar refractivity (Wildman–Crippen MR) is 139 cm³/mol. The zero-order valence-corrected chi connectivity index (χ0v) is 20.2. The Hall–Kier alpha value is -3.88. The van der Waals surface area contributed by atoms with Gasteiger partial charge in [0.1, 0.15) is 10.8 Å². The molecule has 0 aliphatic rings. The maximum absolute atomic E-state index is 14.0. The van der Waals surface area contributed by atoms with Crippen LogP contribution in [0.4, 0.5) is 0 Å². The lowest BCUT2D eigenvalue weighted by molar-refractivity contribution is 0.0526. The molecule has 7 nitrogen and oxygen atoms in total. The first kappa shape index (κ1) is 22.9. The van der Waals surface area contributed by atoms with Crippen LogP contribution in [0, 0.1) is 0 Å². The molecule has 5 rings (SSSR count). The number of nitrogens with two attached hydrogens (primary N) is 1. The Balaban J connectivity index is 1.74. The summed E-state index contributed by atoms with van der Waals surface area (Å²) in [5.74, 6) is 0.154. The summed E-state index contributed by atoms with van der Waals surface area (Å²) in [6.07, 6.45) is 0.644. The number of hydrogen-bond acceptors (Lipinski definition) is 7.